The summed E-state index contributed by atoms with van der Waals surface area (Å²) in [6, 6.07) is 0.207. The van der Waals surface area contributed by atoms with Gasteiger partial charge in [-0.05, 0) is 18.8 Å². The Balaban J connectivity index is 0.00000180. The van der Waals surface area contributed by atoms with Gasteiger partial charge in [0.15, 0.2) is 0 Å². The Hall–Kier alpha value is -0.780. The van der Waals surface area contributed by atoms with Gasteiger partial charge in [-0.1, -0.05) is 12.8 Å². The van der Waals surface area contributed by atoms with Crippen LogP contribution in [0.15, 0.2) is 18.7 Å². The number of hydrogen-bond donors (Lipinski definition) is 2. The molecular formula is C13H24Cl2N4O. The van der Waals surface area contributed by atoms with Crippen molar-refractivity contribution in [2.45, 2.75) is 44.7 Å². The number of imidazole rings is 1. The summed E-state index contributed by atoms with van der Waals surface area (Å²) < 4.78 is 1.95. The third kappa shape index (κ3) is 6.11. The Morgan fingerprint density at radius 1 is 1.35 bits per heavy atom. The Kier molecular flexibility index (Phi) is 9.63. The Labute approximate surface area is 132 Å². The zero-order chi connectivity index (χ0) is 12.8. The topological polar surface area (TPSA) is 72.9 Å². The molecule has 1 aromatic heterocycles. The standard InChI is InChI=1S/C13H22N4O.2ClH/c14-12-4-2-1-3-11(12)9-13(18)16-6-8-17-7-5-15-10-17;;/h5,7,10-12H,1-4,6,8-9,14H2,(H,16,18);2*1H. The van der Waals surface area contributed by atoms with Crippen LogP contribution in [0.3, 0.4) is 0 Å². The molecule has 0 saturated heterocycles. The second-order valence-electron chi connectivity index (χ2n) is 5.06. The summed E-state index contributed by atoms with van der Waals surface area (Å²) in [5.74, 6) is 0.490. The van der Waals surface area contributed by atoms with E-state index in [0.717, 1.165) is 19.4 Å². The van der Waals surface area contributed by atoms with Crippen molar-refractivity contribution in [3.05, 3.63) is 18.7 Å². The van der Waals surface area contributed by atoms with E-state index >= 15 is 0 Å². The van der Waals surface area contributed by atoms with Crippen LogP contribution in [0.5, 0.6) is 0 Å². The monoisotopic (exact) mass is 322 g/mol. The fourth-order valence-corrected chi connectivity index (χ4v) is 2.54. The summed E-state index contributed by atoms with van der Waals surface area (Å²) >= 11 is 0. The number of halogens is 2. The van der Waals surface area contributed by atoms with Crippen LogP contribution in [-0.4, -0.2) is 28.0 Å². The minimum atomic E-state index is 0. The van der Waals surface area contributed by atoms with Gasteiger partial charge in [-0.2, -0.15) is 0 Å². The van der Waals surface area contributed by atoms with Gasteiger partial charge in [0.25, 0.3) is 0 Å². The van der Waals surface area contributed by atoms with Gasteiger partial charge in [0.05, 0.1) is 6.33 Å². The highest BCUT2D eigenvalue weighted by Gasteiger charge is 2.23. The molecule has 1 fully saturated rings. The van der Waals surface area contributed by atoms with Gasteiger partial charge >= 0.3 is 0 Å². The number of carbonyl (C=O) groups excluding carboxylic acids is 1. The molecule has 0 aliphatic heterocycles. The van der Waals surface area contributed by atoms with E-state index < -0.39 is 0 Å². The number of carbonyl (C=O) groups is 1. The minimum absolute atomic E-state index is 0. The molecule has 2 unspecified atom stereocenters. The average Bonchev–Trinajstić information content (AvgIpc) is 2.85. The van der Waals surface area contributed by atoms with Crippen molar-refractivity contribution in [2.75, 3.05) is 6.54 Å². The fourth-order valence-electron chi connectivity index (χ4n) is 2.54. The lowest BCUT2D eigenvalue weighted by atomic mass is 9.83. The first-order valence-electron chi connectivity index (χ1n) is 6.73. The van der Waals surface area contributed by atoms with Crippen LogP contribution < -0.4 is 11.1 Å². The molecule has 1 saturated carbocycles. The maximum atomic E-state index is 11.8. The molecule has 0 aromatic carbocycles. The third-order valence-electron chi connectivity index (χ3n) is 3.67. The minimum Gasteiger partial charge on any atom is -0.354 e. The van der Waals surface area contributed by atoms with E-state index in [1.165, 1.54) is 12.8 Å². The van der Waals surface area contributed by atoms with Crippen LogP contribution in [0.1, 0.15) is 32.1 Å². The number of hydrogen-bond acceptors (Lipinski definition) is 3. The smallest absolute Gasteiger partial charge is 0.220 e. The third-order valence-corrected chi connectivity index (χ3v) is 3.67. The number of nitrogens with two attached hydrogens (primary N) is 1. The van der Waals surface area contributed by atoms with Gasteiger partial charge in [0.2, 0.25) is 5.91 Å². The molecule has 1 amide bonds. The molecule has 20 heavy (non-hydrogen) atoms. The average molecular weight is 323 g/mol. The van der Waals surface area contributed by atoms with Crippen molar-refractivity contribution in [2.24, 2.45) is 11.7 Å². The van der Waals surface area contributed by atoms with E-state index in [1.54, 1.807) is 12.5 Å². The maximum Gasteiger partial charge on any atom is 0.220 e. The number of amides is 1. The van der Waals surface area contributed by atoms with E-state index in [2.05, 4.69) is 10.3 Å². The molecule has 0 radical (unpaired) electrons. The second kappa shape index (κ2) is 10.0. The maximum absolute atomic E-state index is 11.8. The van der Waals surface area contributed by atoms with Crippen molar-refractivity contribution in [1.82, 2.24) is 14.9 Å². The lowest BCUT2D eigenvalue weighted by Crippen LogP contribution is -2.37. The van der Waals surface area contributed by atoms with Gasteiger partial charge in [-0.3, -0.25) is 4.79 Å². The highest BCUT2D eigenvalue weighted by molar-refractivity contribution is 5.85. The first-order chi connectivity index (χ1) is 8.75. The number of rotatable bonds is 5. The van der Waals surface area contributed by atoms with Crippen molar-refractivity contribution < 1.29 is 4.79 Å². The van der Waals surface area contributed by atoms with Crippen LogP contribution in [0.25, 0.3) is 0 Å². The van der Waals surface area contributed by atoms with Crippen LogP contribution >= 0.6 is 24.8 Å². The highest BCUT2D eigenvalue weighted by atomic mass is 35.5. The summed E-state index contributed by atoms with van der Waals surface area (Å²) in [7, 11) is 0. The van der Waals surface area contributed by atoms with Gasteiger partial charge in [0, 0.05) is 37.9 Å². The van der Waals surface area contributed by atoms with Gasteiger partial charge in [-0.25, -0.2) is 4.98 Å². The SMILES string of the molecule is Cl.Cl.NC1CCCCC1CC(=O)NCCn1ccnc1. The molecule has 7 heteroatoms. The van der Waals surface area contributed by atoms with Crippen LogP contribution in [0.4, 0.5) is 0 Å². The predicted molar refractivity (Wildman–Crippen MR) is 84.3 cm³/mol. The molecule has 2 rings (SSSR count). The molecule has 116 valence electrons. The quantitative estimate of drug-likeness (QED) is 0.867. The van der Waals surface area contributed by atoms with E-state index in [1.807, 2.05) is 10.8 Å². The van der Waals surface area contributed by atoms with Crippen molar-refractivity contribution in [3.63, 3.8) is 0 Å². The second-order valence-corrected chi connectivity index (χ2v) is 5.06. The molecule has 0 spiro atoms. The number of nitrogens with zero attached hydrogens (tertiary/aromatic N) is 2. The van der Waals surface area contributed by atoms with Gasteiger partial charge < -0.3 is 15.6 Å². The molecule has 0 bridgehead atoms. The van der Waals surface area contributed by atoms with E-state index in [0.29, 0.717) is 18.9 Å². The lowest BCUT2D eigenvalue weighted by molar-refractivity contribution is -0.122. The molecule has 3 N–H and O–H groups in total. The van der Waals surface area contributed by atoms with Crippen LogP contribution in [0, 0.1) is 5.92 Å². The molecule has 5 nitrogen and oxygen atoms in total. The molecule has 1 aliphatic rings. The lowest BCUT2D eigenvalue weighted by Gasteiger charge is -2.27. The fraction of sp³-hybridized carbons (Fsp3) is 0.692. The van der Waals surface area contributed by atoms with Gasteiger partial charge in [0.1, 0.15) is 0 Å². The first kappa shape index (κ1) is 19.2. The van der Waals surface area contributed by atoms with E-state index in [4.69, 9.17) is 5.73 Å². The molecular weight excluding hydrogens is 299 g/mol. The Morgan fingerprint density at radius 3 is 2.75 bits per heavy atom. The summed E-state index contributed by atoms with van der Waals surface area (Å²) in [6.07, 6.45) is 10.5. The van der Waals surface area contributed by atoms with E-state index in [9.17, 15) is 4.79 Å². The van der Waals surface area contributed by atoms with Crippen LogP contribution in [0.2, 0.25) is 0 Å². The zero-order valence-corrected chi connectivity index (χ0v) is 13.2. The van der Waals surface area contributed by atoms with Gasteiger partial charge in [-0.15, -0.1) is 24.8 Å². The summed E-state index contributed by atoms with van der Waals surface area (Å²) in [5, 5.41) is 2.95. The van der Waals surface area contributed by atoms with Crippen molar-refractivity contribution >= 4 is 30.7 Å². The normalized spacial score (nSPS) is 21.4. The van der Waals surface area contributed by atoms with Crippen LogP contribution in [-0.2, 0) is 11.3 Å². The largest absolute Gasteiger partial charge is 0.354 e. The Bertz CT molecular complexity index is 372. The number of aromatic nitrogens is 2. The summed E-state index contributed by atoms with van der Waals surface area (Å²) in [6.45, 7) is 1.42. The summed E-state index contributed by atoms with van der Waals surface area (Å²) in [4.78, 5) is 15.8. The van der Waals surface area contributed by atoms with E-state index in [-0.39, 0.29) is 36.8 Å². The van der Waals surface area contributed by atoms with Crippen molar-refractivity contribution in [3.8, 4) is 0 Å². The molecule has 1 aliphatic carbocycles. The molecule has 2 atom stereocenters. The number of nitrogens with one attached hydrogen (secondary N) is 1. The Morgan fingerprint density at radius 2 is 2.10 bits per heavy atom. The molecule has 1 aromatic rings. The first-order valence-corrected chi connectivity index (χ1v) is 6.73. The highest BCUT2D eigenvalue weighted by Crippen LogP contribution is 2.25. The summed E-state index contributed by atoms with van der Waals surface area (Å²) in [5.41, 5.74) is 6.04. The predicted octanol–water partition coefficient (Wildman–Crippen LogP) is 1.75. The van der Waals surface area contributed by atoms with Crippen molar-refractivity contribution in [1.29, 1.82) is 0 Å². The zero-order valence-electron chi connectivity index (χ0n) is 11.5. The molecule has 1 heterocycles.